The van der Waals surface area contributed by atoms with Crippen molar-refractivity contribution in [1.82, 2.24) is 10.2 Å². The topological polar surface area (TPSA) is 75.4 Å². The Morgan fingerprint density at radius 3 is 2.29 bits per heavy atom. The number of rotatable bonds is 6. The standard InChI is InChI=1S/C25H27F4N3O2/c26-20-15-17(25(27,28)29)6-7-19(20)24(10-11-24)23(34)31-21(14-16-4-2-1-3-5-16)22(33)32-12-8-18(30)9-13-32/h1-7,15,18,21H,8-14,30H2,(H,31,34). The number of piperidine rings is 1. The van der Waals surface area contributed by atoms with E-state index in [4.69, 9.17) is 5.73 Å². The van der Waals surface area contributed by atoms with Crippen LogP contribution in [-0.2, 0) is 27.6 Å². The van der Waals surface area contributed by atoms with Gasteiger partial charge >= 0.3 is 6.18 Å². The highest BCUT2D eigenvalue weighted by atomic mass is 19.4. The fourth-order valence-corrected chi connectivity index (χ4v) is 4.51. The van der Waals surface area contributed by atoms with Crippen molar-refractivity contribution in [3.63, 3.8) is 0 Å². The van der Waals surface area contributed by atoms with Crippen LogP contribution in [0.2, 0.25) is 0 Å². The normalized spacial score (nSPS) is 18.9. The highest BCUT2D eigenvalue weighted by Crippen LogP contribution is 2.50. The van der Waals surface area contributed by atoms with Crippen molar-refractivity contribution in [2.24, 2.45) is 5.73 Å². The van der Waals surface area contributed by atoms with Crippen LogP contribution in [0, 0.1) is 5.82 Å². The van der Waals surface area contributed by atoms with E-state index in [0.717, 1.165) is 17.7 Å². The van der Waals surface area contributed by atoms with E-state index in [1.165, 1.54) is 0 Å². The molecular weight excluding hydrogens is 450 g/mol. The molecule has 1 atom stereocenters. The van der Waals surface area contributed by atoms with Gasteiger partial charge in [-0.1, -0.05) is 36.4 Å². The van der Waals surface area contributed by atoms with Crippen molar-refractivity contribution in [2.75, 3.05) is 13.1 Å². The number of halogens is 4. The first-order valence-electron chi connectivity index (χ1n) is 11.4. The van der Waals surface area contributed by atoms with Crippen molar-refractivity contribution in [3.05, 3.63) is 71.0 Å². The number of likely N-dealkylation sites (tertiary alicyclic amines) is 1. The van der Waals surface area contributed by atoms with Gasteiger partial charge in [0.2, 0.25) is 11.8 Å². The molecule has 2 aromatic carbocycles. The van der Waals surface area contributed by atoms with Gasteiger partial charge in [0.25, 0.3) is 0 Å². The number of amides is 2. The first-order valence-corrected chi connectivity index (χ1v) is 11.4. The Balaban J connectivity index is 1.56. The summed E-state index contributed by atoms with van der Waals surface area (Å²) in [5, 5.41) is 2.80. The predicted octanol–water partition coefficient (Wildman–Crippen LogP) is 3.55. The molecule has 1 aliphatic carbocycles. The maximum atomic E-state index is 14.7. The lowest BCUT2D eigenvalue weighted by Gasteiger charge is -2.33. The number of carbonyl (C=O) groups excluding carboxylic acids is 2. The van der Waals surface area contributed by atoms with Gasteiger partial charge in [-0.3, -0.25) is 9.59 Å². The Morgan fingerprint density at radius 2 is 1.74 bits per heavy atom. The van der Waals surface area contributed by atoms with Crippen molar-refractivity contribution < 1.29 is 27.2 Å². The summed E-state index contributed by atoms with van der Waals surface area (Å²) in [6, 6.07) is 10.6. The molecule has 2 aliphatic rings. The zero-order chi connectivity index (χ0) is 24.5. The summed E-state index contributed by atoms with van der Waals surface area (Å²) in [5.74, 6) is -1.86. The number of alkyl halides is 3. The van der Waals surface area contributed by atoms with E-state index in [2.05, 4.69) is 5.32 Å². The number of hydrogen-bond donors (Lipinski definition) is 2. The van der Waals surface area contributed by atoms with E-state index >= 15 is 0 Å². The highest BCUT2D eigenvalue weighted by Gasteiger charge is 2.53. The second-order valence-electron chi connectivity index (χ2n) is 9.15. The third kappa shape index (κ3) is 5.09. The monoisotopic (exact) mass is 477 g/mol. The first kappa shape index (κ1) is 24.2. The lowest BCUT2D eigenvalue weighted by atomic mass is 9.92. The summed E-state index contributed by atoms with van der Waals surface area (Å²) in [6.45, 7) is 0.972. The van der Waals surface area contributed by atoms with Gasteiger partial charge in [0.15, 0.2) is 0 Å². The summed E-state index contributed by atoms with van der Waals surface area (Å²) in [4.78, 5) is 28.3. The third-order valence-electron chi connectivity index (χ3n) is 6.73. The number of nitrogens with one attached hydrogen (secondary N) is 1. The average Bonchev–Trinajstić information content (AvgIpc) is 3.60. The van der Waals surface area contributed by atoms with E-state index in [9.17, 15) is 27.2 Å². The molecule has 0 aromatic heterocycles. The van der Waals surface area contributed by atoms with Crippen LogP contribution in [0.4, 0.5) is 17.6 Å². The molecule has 5 nitrogen and oxygen atoms in total. The van der Waals surface area contributed by atoms with Gasteiger partial charge < -0.3 is 16.0 Å². The first-order chi connectivity index (χ1) is 16.1. The van der Waals surface area contributed by atoms with Crippen molar-refractivity contribution in [3.8, 4) is 0 Å². The fraction of sp³-hybridized carbons (Fsp3) is 0.440. The SMILES string of the molecule is NC1CCN(C(=O)C(Cc2ccccc2)NC(=O)C2(c3ccc(C(F)(F)F)cc3F)CC2)CC1. The molecule has 1 unspecified atom stereocenters. The van der Waals surface area contributed by atoms with E-state index in [0.29, 0.717) is 44.8 Å². The van der Waals surface area contributed by atoms with Crippen LogP contribution in [0.25, 0.3) is 0 Å². The summed E-state index contributed by atoms with van der Waals surface area (Å²) in [6.07, 6.45) is -2.50. The van der Waals surface area contributed by atoms with Crippen LogP contribution in [-0.4, -0.2) is 41.9 Å². The number of nitrogens with zero attached hydrogens (tertiary/aromatic N) is 1. The van der Waals surface area contributed by atoms with Gasteiger partial charge in [-0.15, -0.1) is 0 Å². The second kappa shape index (κ2) is 9.37. The Morgan fingerprint density at radius 1 is 1.09 bits per heavy atom. The van der Waals surface area contributed by atoms with Gasteiger partial charge in [0.1, 0.15) is 11.9 Å². The van der Waals surface area contributed by atoms with Crippen LogP contribution in [0.3, 0.4) is 0 Å². The van der Waals surface area contributed by atoms with Gasteiger partial charge in [-0.05, 0) is 43.4 Å². The number of hydrogen-bond acceptors (Lipinski definition) is 3. The molecule has 0 radical (unpaired) electrons. The third-order valence-corrected chi connectivity index (χ3v) is 6.73. The summed E-state index contributed by atoms with van der Waals surface area (Å²) >= 11 is 0. The average molecular weight is 478 g/mol. The van der Waals surface area contributed by atoms with E-state index < -0.39 is 34.9 Å². The van der Waals surface area contributed by atoms with Crippen LogP contribution in [0.15, 0.2) is 48.5 Å². The molecule has 1 aliphatic heterocycles. The molecule has 2 aromatic rings. The number of carbonyl (C=O) groups is 2. The lowest BCUT2D eigenvalue weighted by molar-refractivity contribution is -0.138. The minimum absolute atomic E-state index is 0.0311. The van der Waals surface area contributed by atoms with Gasteiger partial charge in [0.05, 0.1) is 11.0 Å². The van der Waals surface area contributed by atoms with Gasteiger partial charge in [0, 0.05) is 31.1 Å². The number of nitrogens with two attached hydrogens (primary N) is 1. The lowest BCUT2D eigenvalue weighted by Crippen LogP contribution is -2.54. The molecular formula is C25H27F4N3O2. The van der Waals surface area contributed by atoms with Crippen LogP contribution in [0.1, 0.15) is 42.4 Å². The molecule has 182 valence electrons. The number of benzene rings is 2. The second-order valence-corrected chi connectivity index (χ2v) is 9.15. The van der Waals surface area contributed by atoms with Crippen molar-refractivity contribution in [1.29, 1.82) is 0 Å². The van der Waals surface area contributed by atoms with Gasteiger partial charge in [-0.25, -0.2) is 4.39 Å². The molecule has 0 spiro atoms. The van der Waals surface area contributed by atoms with E-state index in [-0.39, 0.29) is 23.9 Å². The van der Waals surface area contributed by atoms with Crippen LogP contribution < -0.4 is 11.1 Å². The Bertz CT molecular complexity index is 1050. The molecule has 1 saturated carbocycles. The summed E-state index contributed by atoms with van der Waals surface area (Å²) in [5.41, 5.74) is 4.34. The largest absolute Gasteiger partial charge is 0.416 e. The maximum Gasteiger partial charge on any atom is 0.416 e. The molecule has 9 heteroatoms. The zero-order valence-corrected chi connectivity index (χ0v) is 18.6. The molecule has 4 rings (SSSR count). The van der Waals surface area contributed by atoms with Crippen molar-refractivity contribution >= 4 is 11.8 Å². The smallest absolute Gasteiger partial charge is 0.343 e. The molecule has 2 fully saturated rings. The van der Waals surface area contributed by atoms with E-state index in [1.807, 2.05) is 30.3 Å². The minimum atomic E-state index is -4.68. The van der Waals surface area contributed by atoms with Crippen LogP contribution in [0.5, 0.6) is 0 Å². The molecule has 34 heavy (non-hydrogen) atoms. The Labute approximate surface area is 195 Å². The summed E-state index contributed by atoms with van der Waals surface area (Å²) in [7, 11) is 0. The minimum Gasteiger partial charge on any atom is -0.343 e. The molecule has 1 saturated heterocycles. The fourth-order valence-electron chi connectivity index (χ4n) is 4.51. The molecule has 0 bridgehead atoms. The summed E-state index contributed by atoms with van der Waals surface area (Å²) < 4.78 is 53.5. The van der Waals surface area contributed by atoms with Crippen LogP contribution >= 0.6 is 0 Å². The van der Waals surface area contributed by atoms with E-state index in [1.54, 1.807) is 4.90 Å². The maximum absolute atomic E-state index is 14.7. The Hall–Kier alpha value is -2.94. The molecule has 1 heterocycles. The molecule has 3 N–H and O–H groups in total. The molecule has 2 amide bonds. The Kier molecular flexibility index (Phi) is 6.66. The quantitative estimate of drug-likeness (QED) is 0.625. The predicted molar refractivity (Wildman–Crippen MR) is 118 cm³/mol. The van der Waals surface area contributed by atoms with Crippen molar-refractivity contribution in [2.45, 2.75) is 55.8 Å². The zero-order valence-electron chi connectivity index (χ0n) is 18.6. The highest BCUT2D eigenvalue weighted by molar-refractivity contribution is 5.95. The van der Waals surface area contributed by atoms with Gasteiger partial charge in [-0.2, -0.15) is 13.2 Å².